The quantitative estimate of drug-likeness (QED) is 0.287. The van der Waals surface area contributed by atoms with Gasteiger partial charge in [0.1, 0.15) is 0 Å². The molecule has 3 rings (SSSR count). The van der Waals surface area contributed by atoms with Crippen LogP contribution in [-0.2, 0) is 23.2 Å². The lowest BCUT2D eigenvalue weighted by Gasteiger charge is -2.42. The molecule has 0 N–H and O–H groups in total. The zero-order chi connectivity index (χ0) is 28.5. The number of aromatic nitrogens is 2. The van der Waals surface area contributed by atoms with E-state index in [1.807, 2.05) is 24.5 Å². The van der Waals surface area contributed by atoms with Crippen molar-refractivity contribution in [3.8, 4) is 0 Å². The minimum atomic E-state index is -0.726. The molecule has 206 valence electrons. The molecule has 0 amide bonds. The summed E-state index contributed by atoms with van der Waals surface area (Å²) in [6.45, 7) is 28.8. The molecule has 0 radical (unpaired) electrons. The number of nitrogens with zero attached hydrogens (tertiary/aromatic N) is 2. The Labute approximate surface area is 236 Å². The minimum absolute atomic E-state index is 0.0629. The fraction of sp³-hybridized carbons (Fsp3) is 0.529. The molecule has 0 aliphatic heterocycles. The van der Waals surface area contributed by atoms with Crippen LogP contribution in [0.3, 0.4) is 0 Å². The second-order valence-electron chi connectivity index (χ2n) is 14.6. The zero-order valence-electron chi connectivity index (χ0n) is 26.0. The van der Waals surface area contributed by atoms with Gasteiger partial charge in [-0.25, -0.2) is 0 Å². The zero-order valence-corrected chi connectivity index (χ0v) is 27.8. The SMILES string of the molecule is CC(C)(C)c1cc(CP(c2ccccn2)c2ccccn2)c(CP(C(C)(C)C)C(C)(C)C)cc1C(C)(C)C. The van der Waals surface area contributed by atoms with Crippen molar-refractivity contribution in [3.63, 3.8) is 0 Å². The van der Waals surface area contributed by atoms with E-state index in [1.165, 1.54) is 22.3 Å². The average molecular weight is 549 g/mol. The third-order valence-corrected chi connectivity index (χ3v) is 13.3. The van der Waals surface area contributed by atoms with Crippen LogP contribution in [0.4, 0.5) is 0 Å². The lowest BCUT2D eigenvalue weighted by molar-refractivity contribution is 0.529. The first-order chi connectivity index (χ1) is 17.4. The van der Waals surface area contributed by atoms with Crippen molar-refractivity contribution < 1.29 is 0 Å². The highest BCUT2D eigenvalue weighted by Gasteiger charge is 2.36. The molecule has 0 spiro atoms. The third kappa shape index (κ3) is 7.73. The molecular weight excluding hydrogens is 498 g/mol. The Morgan fingerprint density at radius 1 is 0.553 bits per heavy atom. The van der Waals surface area contributed by atoms with E-state index in [1.54, 1.807) is 0 Å². The van der Waals surface area contributed by atoms with Crippen LogP contribution in [0.15, 0.2) is 60.9 Å². The molecule has 0 fully saturated rings. The standard InChI is InChI=1S/C34H50N2P2/c1-31(2,3)27-21-25(23-37(29-17-13-15-19-35-29)30-18-14-16-20-36-30)26(22-28(27)32(4,5)6)24-38(33(7,8)9)34(10,11)12/h13-22H,23-24H2,1-12H3. The molecule has 4 heteroatoms. The lowest BCUT2D eigenvalue weighted by atomic mass is 9.74. The molecule has 0 saturated heterocycles. The fourth-order valence-electron chi connectivity index (χ4n) is 5.35. The molecule has 2 nitrogen and oxygen atoms in total. The summed E-state index contributed by atoms with van der Waals surface area (Å²) >= 11 is 0. The van der Waals surface area contributed by atoms with Crippen molar-refractivity contribution in [2.24, 2.45) is 0 Å². The van der Waals surface area contributed by atoms with Crippen LogP contribution >= 0.6 is 15.8 Å². The summed E-state index contributed by atoms with van der Waals surface area (Å²) in [6, 6.07) is 17.8. The van der Waals surface area contributed by atoms with E-state index in [0.29, 0.717) is 0 Å². The third-order valence-electron chi connectivity index (χ3n) is 7.08. The molecule has 0 aliphatic carbocycles. The second kappa shape index (κ2) is 11.5. The molecule has 1 aromatic carbocycles. The monoisotopic (exact) mass is 548 g/mol. The van der Waals surface area contributed by atoms with Crippen LogP contribution in [0.2, 0.25) is 0 Å². The largest absolute Gasteiger partial charge is 0.256 e. The van der Waals surface area contributed by atoms with Gasteiger partial charge in [0.2, 0.25) is 0 Å². The van der Waals surface area contributed by atoms with Gasteiger partial charge in [0, 0.05) is 26.5 Å². The van der Waals surface area contributed by atoms with Crippen molar-refractivity contribution in [3.05, 3.63) is 83.2 Å². The number of hydrogen-bond acceptors (Lipinski definition) is 2. The van der Waals surface area contributed by atoms with Crippen molar-refractivity contribution in [1.29, 1.82) is 0 Å². The van der Waals surface area contributed by atoms with Gasteiger partial charge in [-0.1, -0.05) is 115 Å². The van der Waals surface area contributed by atoms with Gasteiger partial charge in [-0.15, -0.1) is 0 Å². The van der Waals surface area contributed by atoms with Crippen molar-refractivity contribution in [2.45, 2.75) is 117 Å². The first-order valence-corrected chi connectivity index (χ1v) is 17.0. The Morgan fingerprint density at radius 3 is 1.26 bits per heavy atom. The predicted molar refractivity (Wildman–Crippen MR) is 172 cm³/mol. The maximum Gasteiger partial charge on any atom is 0.0695 e. The molecule has 0 atom stereocenters. The summed E-state index contributed by atoms with van der Waals surface area (Å²) in [7, 11) is -1.00. The minimum Gasteiger partial charge on any atom is -0.256 e. The van der Waals surface area contributed by atoms with Crippen LogP contribution in [0.1, 0.15) is 105 Å². The number of pyridine rings is 2. The van der Waals surface area contributed by atoms with Gasteiger partial charge in [0.15, 0.2) is 0 Å². The highest BCUT2D eigenvalue weighted by Crippen LogP contribution is 2.62. The molecular formula is C34H50N2P2. The normalized spacial score (nSPS) is 13.4. The molecule has 38 heavy (non-hydrogen) atoms. The maximum absolute atomic E-state index is 4.84. The Bertz CT molecular complexity index is 1140. The second-order valence-corrected chi connectivity index (χ2v) is 20.5. The molecule has 0 saturated carbocycles. The average Bonchev–Trinajstić information content (AvgIpc) is 2.79. The summed E-state index contributed by atoms with van der Waals surface area (Å²) in [5, 5.41) is 0.532. The molecule has 0 aliphatic rings. The van der Waals surface area contributed by atoms with Crippen LogP contribution in [0.5, 0.6) is 0 Å². The maximum atomic E-state index is 4.84. The number of rotatable bonds is 6. The first kappa shape index (κ1) is 30.9. The van der Waals surface area contributed by atoms with E-state index >= 15 is 0 Å². The van der Waals surface area contributed by atoms with Crippen LogP contribution in [-0.4, -0.2) is 20.3 Å². The lowest BCUT2D eigenvalue weighted by Crippen LogP contribution is -2.27. The van der Waals surface area contributed by atoms with Crippen LogP contribution in [0, 0.1) is 0 Å². The molecule has 2 heterocycles. The topological polar surface area (TPSA) is 25.8 Å². The van der Waals surface area contributed by atoms with Gasteiger partial charge >= 0.3 is 0 Å². The van der Waals surface area contributed by atoms with Gasteiger partial charge in [0.05, 0.1) is 10.9 Å². The van der Waals surface area contributed by atoms with Gasteiger partial charge in [-0.2, -0.15) is 0 Å². The Balaban J connectivity index is 2.28. The smallest absolute Gasteiger partial charge is 0.0695 e. The number of benzene rings is 1. The summed E-state index contributed by atoms with van der Waals surface area (Å²) < 4.78 is 0. The fourth-order valence-corrected chi connectivity index (χ4v) is 11.1. The summed E-state index contributed by atoms with van der Waals surface area (Å²) in [5.41, 5.74) is 8.40. The van der Waals surface area contributed by atoms with Crippen molar-refractivity contribution in [1.82, 2.24) is 9.97 Å². The highest BCUT2D eigenvalue weighted by molar-refractivity contribution is 7.71. The highest BCUT2D eigenvalue weighted by atomic mass is 31.1. The van der Waals surface area contributed by atoms with Gasteiger partial charge in [0.25, 0.3) is 0 Å². The summed E-state index contributed by atoms with van der Waals surface area (Å²) in [5.74, 6) is 0. The van der Waals surface area contributed by atoms with E-state index in [9.17, 15) is 0 Å². The summed E-state index contributed by atoms with van der Waals surface area (Å²) in [4.78, 5) is 9.68. The number of hydrogen-bond donors (Lipinski definition) is 0. The Kier molecular flexibility index (Phi) is 9.33. The first-order valence-electron chi connectivity index (χ1n) is 13.9. The molecule has 3 aromatic rings. The van der Waals surface area contributed by atoms with Crippen molar-refractivity contribution in [2.75, 3.05) is 0 Å². The molecule has 0 unspecified atom stereocenters. The van der Waals surface area contributed by atoms with Crippen molar-refractivity contribution >= 4 is 26.7 Å². The summed E-state index contributed by atoms with van der Waals surface area (Å²) in [6.07, 6.45) is 5.95. The van der Waals surface area contributed by atoms with Gasteiger partial charge < -0.3 is 0 Å². The van der Waals surface area contributed by atoms with Crippen LogP contribution in [0.25, 0.3) is 0 Å². The Hall–Kier alpha value is -1.62. The van der Waals surface area contributed by atoms with E-state index in [4.69, 9.17) is 9.97 Å². The van der Waals surface area contributed by atoms with Gasteiger partial charge in [-0.05, 0) is 73.8 Å². The predicted octanol–water partition coefficient (Wildman–Crippen LogP) is 9.28. The molecule has 2 aromatic heterocycles. The Morgan fingerprint density at radius 2 is 0.947 bits per heavy atom. The van der Waals surface area contributed by atoms with E-state index in [2.05, 4.69) is 119 Å². The van der Waals surface area contributed by atoms with Gasteiger partial charge in [-0.3, -0.25) is 9.97 Å². The van der Waals surface area contributed by atoms with E-state index in [-0.39, 0.29) is 29.1 Å². The van der Waals surface area contributed by atoms with Crippen LogP contribution < -0.4 is 10.9 Å². The van der Waals surface area contributed by atoms with E-state index in [0.717, 1.165) is 23.2 Å². The molecule has 0 bridgehead atoms. The van der Waals surface area contributed by atoms with E-state index < -0.39 is 7.92 Å².